The van der Waals surface area contributed by atoms with Gasteiger partial charge in [-0.25, -0.2) is 9.78 Å². The molecule has 1 aromatic heterocycles. The molecule has 0 unspecified atom stereocenters. The fraction of sp³-hybridized carbons (Fsp3) is 0.267. The first-order valence-electron chi connectivity index (χ1n) is 12.5. The summed E-state index contributed by atoms with van der Waals surface area (Å²) < 4.78 is 23.2. The molecule has 4 aromatic rings. The second kappa shape index (κ2) is 12.3. The van der Waals surface area contributed by atoms with Crippen molar-refractivity contribution >= 4 is 39.0 Å². The summed E-state index contributed by atoms with van der Waals surface area (Å²) in [5.41, 5.74) is 3.54. The van der Waals surface area contributed by atoms with Crippen LogP contribution in [0.4, 0.5) is 0 Å². The summed E-state index contributed by atoms with van der Waals surface area (Å²) in [5.74, 6) is 1.57. The zero-order chi connectivity index (χ0) is 29.0. The molecule has 4 rings (SSSR count). The van der Waals surface area contributed by atoms with Crippen LogP contribution in [0, 0.1) is 6.92 Å². The highest BCUT2D eigenvalue weighted by Crippen LogP contribution is 2.35. The van der Waals surface area contributed by atoms with E-state index in [1.807, 2.05) is 31.2 Å². The Bertz CT molecular complexity index is 1660. The van der Waals surface area contributed by atoms with Crippen molar-refractivity contribution in [1.29, 1.82) is 0 Å². The van der Waals surface area contributed by atoms with Crippen molar-refractivity contribution in [3.63, 3.8) is 0 Å². The second-order valence-corrected chi connectivity index (χ2v) is 10.1. The largest absolute Gasteiger partial charge is 0.496 e. The quantitative estimate of drug-likeness (QED) is 0.177. The molecule has 0 amide bonds. The fourth-order valence-corrected chi connectivity index (χ4v) is 4.63. The molecule has 0 fully saturated rings. The van der Waals surface area contributed by atoms with E-state index in [9.17, 15) is 9.59 Å². The number of aryl methyl sites for hydroxylation is 1. The third-order valence-corrected chi connectivity index (χ3v) is 7.05. The Kier molecular flexibility index (Phi) is 8.89. The van der Waals surface area contributed by atoms with E-state index in [1.165, 1.54) is 18.9 Å². The summed E-state index contributed by atoms with van der Waals surface area (Å²) in [7, 11) is 4.42. The minimum atomic E-state index is -0.519. The van der Waals surface area contributed by atoms with Gasteiger partial charge in [0.1, 0.15) is 5.75 Å². The summed E-state index contributed by atoms with van der Waals surface area (Å²) in [6, 6.07) is 14.5. The summed E-state index contributed by atoms with van der Waals surface area (Å²) in [6.45, 7) is 5.85. The van der Waals surface area contributed by atoms with Crippen molar-refractivity contribution < 1.29 is 23.7 Å². The van der Waals surface area contributed by atoms with Gasteiger partial charge in [0.25, 0.3) is 5.56 Å². The van der Waals surface area contributed by atoms with Crippen molar-refractivity contribution in [3.05, 3.63) is 80.0 Å². The lowest BCUT2D eigenvalue weighted by atomic mass is 9.96. The van der Waals surface area contributed by atoms with E-state index < -0.39 is 5.97 Å². The summed E-state index contributed by atoms with van der Waals surface area (Å²) in [5, 5.41) is 5.05. The van der Waals surface area contributed by atoms with Gasteiger partial charge in [0.2, 0.25) is 0 Å². The number of aromatic nitrogens is 2. The molecule has 0 N–H and O–H groups in total. The second-order valence-electron chi connectivity index (χ2n) is 9.27. The third-order valence-electron chi connectivity index (χ3n) is 6.36. The first-order valence-corrected chi connectivity index (χ1v) is 13.3. The zero-order valence-electron chi connectivity index (χ0n) is 23.1. The first-order chi connectivity index (χ1) is 19.2. The lowest BCUT2D eigenvalue weighted by molar-refractivity contribution is -0.142. The molecule has 0 aliphatic rings. The molecule has 40 heavy (non-hydrogen) atoms. The highest BCUT2D eigenvalue weighted by molar-refractivity contribution is 9.10. The molecule has 0 saturated heterocycles. The molecule has 3 aromatic carbocycles. The summed E-state index contributed by atoms with van der Waals surface area (Å²) in [6.07, 6.45) is 1.54. The van der Waals surface area contributed by atoms with Crippen LogP contribution < -0.4 is 19.8 Å². The highest BCUT2D eigenvalue weighted by atomic mass is 79.9. The number of hydrogen-bond donors (Lipinski definition) is 0. The van der Waals surface area contributed by atoms with Gasteiger partial charge < -0.3 is 18.9 Å². The van der Waals surface area contributed by atoms with Crippen LogP contribution in [0.25, 0.3) is 22.3 Å². The maximum absolute atomic E-state index is 13.7. The Balaban J connectivity index is 1.88. The van der Waals surface area contributed by atoms with Crippen molar-refractivity contribution in [2.45, 2.75) is 26.7 Å². The van der Waals surface area contributed by atoms with E-state index in [-0.39, 0.29) is 18.1 Å². The average molecular weight is 608 g/mol. The van der Waals surface area contributed by atoms with Gasteiger partial charge in [-0.05, 0) is 76.3 Å². The Hall–Kier alpha value is -4.18. The molecule has 0 bridgehead atoms. The van der Waals surface area contributed by atoms with Crippen LogP contribution in [0.3, 0.4) is 0 Å². The number of carbonyl (C=O) groups excluding carboxylic acids is 1. The molecule has 208 valence electrons. The average Bonchev–Trinajstić information content (AvgIpc) is 2.95. The van der Waals surface area contributed by atoms with Gasteiger partial charge in [-0.15, -0.1) is 0 Å². The topological polar surface area (TPSA) is 101 Å². The van der Waals surface area contributed by atoms with Gasteiger partial charge >= 0.3 is 5.97 Å². The third kappa shape index (κ3) is 5.86. The zero-order valence-corrected chi connectivity index (χ0v) is 24.7. The molecule has 0 aliphatic carbocycles. The SMILES string of the molecule is COC(=O)COc1cc(Br)c(C=Nn2c(-c3cc(C(C)C)c(OC)cc3C)nc3ccccc3c2=O)cc1OC. The maximum atomic E-state index is 13.7. The standard InChI is InChI=1S/C30H30BrN3O6/c1-17(2)21-13-22(18(3)11-25(21)37-4)29-33-24-10-8-7-9-20(24)30(36)34(29)32-15-19-12-26(38-5)27(14-23(19)31)40-16-28(35)39-6/h7-15,17H,16H2,1-6H3. The number of rotatable bonds is 9. The number of esters is 1. The van der Waals surface area contributed by atoms with Crippen LogP contribution in [0.15, 0.2) is 62.9 Å². The number of benzene rings is 3. The van der Waals surface area contributed by atoms with Gasteiger partial charge in [-0.3, -0.25) is 4.79 Å². The molecular weight excluding hydrogens is 578 g/mol. The number of halogens is 1. The number of ether oxygens (including phenoxy) is 4. The normalized spacial score (nSPS) is 11.3. The number of nitrogens with zero attached hydrogens (tertiary/aromatic N) is 3. The molecule has 1 heterocycles. The van der Waals surface area contributed by atoms with E-state index in [4.69, 9.17) is 19.2 Å². The van der Waals surface area contributed by atoms with E-state index >= 15 is 0 Å². The van der Waals surface area contributed by atoms with E-state index in [2.05, 4.69) is 39.6 Å². The van der Waals surface area contributed by atoms with E-state index in [1.54, 1.807) is 37.6 Å². The van der Waals surface area contributed by atoms with Crippen molar-refractivity contribution in [3.8, 4) is 28.6 Å². The predicted octanol–water partition coefficient (Wildman–Crippen LogP) is 5.71. The molecule has 0 radical (unpaired) electrons. The number of carbonyl (C=O) groups is 1. The van der Waals surface area contributed by atoms with Crippen LogP contribution in [0.2, 0.25) is 0 Å². The minimum absolute atomic E-state index is 0.182. The monoisotopic (exact) mass is 607 g/mol. The molecule has 0 saturated carbocycles. The first kappa shape index (κ1) is 28.8. The number of methoxy groups -OCH3 is 3. The summed E-state index contributed by atoms with van der Waals surface area (Å²) in [4.78, 5) is 30.1. The molecule has 9 nitrogen and oxygen atoms in total. The molecule has 10 heteroatoms. The highest BCUT2D eigenvalue weighted by Gasteiger charge is 2.19. The van der Waals surface area contributed by atoms with Crippen molar-refractivity contribution in [2.75, 3.05) is 27.9 Å². The van der Waals surface area contributed by atoms with Crippen molar-refractivity contribution in [2.24, 2.45) is 5.10 Å². The van der Waals surface area contributed by atoms with Crippen LogP contribution in [-0.4, -0.2) is 49.8 Å². The van der Waals surface area contributed by atoms with Gasteiger partial charge in [0, 0.05) is 15.6 Å². The fourth-order valence-electron chi connectivity index (χ4n) is 4.21. The van der Waals surface area contributed by atoms with Crippen molar-refractivity contribution in [1.82, 2.24) is 9.66 Å². The number of fused-ring (bicyclic) bond motifs is 1. The van der Waals surface area contributed by atoms with Crippen LogP contribution in [0.1, 0.15) is 36.5 Å². The van der Waals surface area contributed by atoms with Crippen LogP contribution >= 0.6 is 15.9 Å². The number of para-hydroxylation sites is 1. The van der Waals surface area contributed by atoms with Gasteiger partial charge in [0.15, 0.2) is 23.9 Å². The smallest absolute Gasteiger partial charge is 0.343 e. The maximum Gasteiger partial charge on any atom is 0.343 e. The van der Waals surface area contributed by atoms with Gasteiger partial charge in [0.05, 0.1) is 38.4 Å². The Morgan fingerprint density at radius 2 is 1.77 bits per heavy atom. The van der Waals surface area contributed by atoms with E-state index in [0.717, 1.165) is 22.4 Å². The molecular formula is C30H30BrN3O6. The Morgan fingerprint density at radius 3 is 2.45 bits per heavy atom. The number of hydrogen-bond acceptors (Lipinski definition) is 8. The molecule has 0 atom stereocenters. The predicted molar refractivity (Wildman–Crippen MR) is 158 cm³/mol. The van der Waals surface area contributed by atoms with Gasteiger partial charge in [-0.1, -0.05) is 26.0 Å². The van der Waals surface area contributed by atoms with Crippen LogP contribution in [-0.2, 0) is 9.53 Å². The lowest BCUT2D eigenvalue weighted by Crippen LogP contribution is -2.21. The lowest BCUT2D eigenvalue weighted by Gasteiger charge is -2.17. The Labute approximate surface area is 240 Å². The summed E-state index contributed by atoms with van der Waals surface area (Å²) >= 11 is 3.52. The molecule has 0 spiro atoms. The minimum Gasteiger partial charge on any atom is -0.496 e. The van der Waals surface area contributed by atoms with Gasteiger partial charge in [-0.2, -0.15) is 9.78 Å². The van der Waals surface area contributed by atoms with Crippen LogP contribution in [0.5, 0.6) is 17.2 Å². The Morgan fingerprint density at radius 1 is 1.05 bits per heavy atom. The van der Waals surface area contributed by atoms with E-state index in [0.29, 0.717) is 38.3 Å². The molecule has 0 aliphatic heterocycles.